The number of rotatable bonds is 5. The van der Waals surface area contributed by atoms with Crippen molar-refractivity contribution in [2.24, 2.45) is 0 Å². The molecule has 2 aromatic carbocycles. The lowest BCUT2D eigenvalue weighted by molar-refractivity contribution is 0.306. The van der Waals surface area contributed by atoms with Gasteiger partial charge in [-0.15, -0.1) is 0 Å². The van der Waals surface area contributed by atoms with Gasteiger partial charge in [0.15, 0.2) is 0 Å². The van der Waals surface area contributed by atoms with Crippen molar-refractivity contribution < 1.29 is 9.47 Å². The van der Waals surface area contributed by atoms with Crippen LogP contribution in [0.5, 0.6) is 17.4 Å². The van der Waals surface area contributed by atoms with E-state index in [1.54, 1.807) is 24.4 Å². The third-order valence-electron chi connectivity index (χ3n) is 3.33. The maximum absolute atomic E-state index is 5.97. The number of pyridine rings is 1. The highest BCUT2D eigenvalue weighted by molar-refractivity contribution is 5.56. The molecule has 0 aliphatic carbocycles. The minimum atomic E-state index is 0.456. The minimum absolute atomic E-state index is 0.456. The summed E-state index contributed by atoms with van der Waals surface area (Å²) in [6.45, 7) is 2.44. The maximum atomic E-state index is 5.97. The maximum Gasteiger partial charge on any atom is 0.219 e. The van der Waals surface area contributed by atoms with Crippen LogP contribution in [0.4, 0.5) is 5.69 Å². The number of benzene rings is 2. The van der Waals surface area contributed by atoms with Crippen molar-refractivity contribution in [3.63, 3.8) is 0 Å². The van der Waals surface area contributed by atoms with Gasteiger partial charge in [-0.1, -0.05) is 36.4 Å². The van der Waals surface area contributed by atoms with Crippen LogP contribution in [0.25, 0.3) is 0 Å². The van der Waals surface area contributed by atoms with Crippen LogP contribution in [-0.4, -0.2) is 4.98 Å². The van der Waals surface area contributed by atoms with E-state index in [4.69, 9.17) is 15.2 Å². The Morgan fingerprint density at radius 2 is 1.83 bits per heavy atom. The molecule has 0 aliphatic heterocycles. The van der Waals surface area contributed by atoms with Gasteiger partial charge in [-0.2, -0.15) is 0 Å². The Balaban J connectivity index is 1.72. The van der Waals surface area contributed by atoms with Crippen molar-refractivity contribution in [2.45, 2.75) is 13.5 Å². The van der Waals surface area contributed by atoms with E-state index in [9.17, 15) is 0 Å². The number of hydrogen-bond donors (Lipinski definition) is 1. The number of aromatic nitrogens is 1. The Labute approximate surface area is 135 Å². The fourth-order valence-electron chi connectivity index (χ4n) is 2.07. The fraction of sp³-hybridized carbons (Fsp3) is 0.105. The second kappa shape index (κ2) is 6.83. The van der Waals surface area contributed by atoms with Crippen molar-refractivity contribution in [1.29, 1.82) is 0 Å². The van der Waals surface area contributed by atoms with E-state index in [-0.39, 0.29) is 0 Å². The Morgan fingerprint density at radius 1 is 1.00 bits per heavy atom. The first kappa shape index (κ1) is 14.9. The van der Waals surface area contributed by atoms with Crippen LogP contribution in [-0.2, 0) is 6.61 Å². The lowest BCUT2D eigenvalue weighted by Crippen LogP contribution is -1.99. The summed E-state index contributed by atoms with van der Waals surface area (Å²) in [6.07, 6.45) is 1.76. The van der Waals surface area contributed by atoms with Crippen LogP contribution in [0.2, 0.25) is 0 Å². The first-order valence-corrected chi connectivity index (χ1v) is 7.37. The summed E-state index contributed by atoms with van der Waals surface area (Å²) in [6, 6.07) is 19.1. The third kappa shape index (κ3) is 4.01. The van der Waals surface area contributed by atoms with E-state index in [2.05, 4.69) is 4.98 Å². The Hall–Kier alpha value is -3.01. The number of anilines is 1. The predicted molar refractivity (Wildman–Crippen MR) is 90.7 cm³/mol. The zero-order valence-electron chi connectivity index (χ0n) is 12.9. The van der Waals surface area contributed by atoms with E-state index in [0.29, 0.717) is 29.7 Å². The largest absolute Gasteiger partial charge is 0.487 e. The molecule has 0 fully saturated rings. The number of nitrogens with zero attached hydrogens (tertiary/aromatic N) is 1. The van der Waals surface area contributed by atoms with Crippen molar-refractivity contribution in [3.8, 4) is 17.4 Å². The smallest absolute Gasteiger partial charge is 0.219 e. The van der Waals surface area contributed by atoms with Gasteiger partial charge < -0.3 is 15.2 Å². The number of hydrogen-bond acceptors (Lipinski definition) is 4. The van der Waals surface area contributed by atoms with E-state index >= 15 is 0 Å². The molecule has 4 nitrogen and oxygen atoms in total. The second-order valence-electron chi connectivity index (χ2n) is 5.25. The zero-order chi connectivity index (χ0) is 16.1. The highest BCUT2D eigenvalue weighted by Crippen LogP contribution is 2.30. The average molecular weight is 306 g/mol. The minimum Gasteiger partial charge on any atom is -0.487 e. The molecule has 0 bridgehead atoms. The lowest BCUT2D eigenvalue weighted by atomic mass is 10.2. The van der Waals surface area contributed by atoms with Gasteiger partial charge in [0.25, 0.3) is 0 Å². The quantitative estimate of drug-likeness (QED) is 0.712. The van der Waals surface area contributed by atoms with Crippen molar-refractivity contribution in [1.82, 2.24) is 4.98 Å². The van der Waals surface area contributed by atoms with Crippen molar-refractivity contribution in [2.75, 3.05) is 5.73 Å². The van der Waals surface area contributed by atoms with Gasteiger partial charge >= 0.3 is 0 Å². The molecule has 0 amide bonds. The molecule has 0 aliphatic rings. The predicted octanol–water partition coefficient (Wildman–Crippen LogP) is 4.34. The standard InChI is InChI=1S/C19H18N2O2/c1-14-7-10-19(21-12-14)23-16-8-9-17(20)18(11-16)22-13-15-5-3-2-4-6-15/h2-12H,13,20H2,1H3. The molecule has 2 N–H and O–H groups in total. The molecule has 0 atom stereocenters. The molecule has 3 rings (SSSR count). The van der Waals surface area contributed by atoms with Crippen LogP contribution < -0.4 is 15.2 Å². The second-order valence-corrected chi connectivity index (χ2v) is 5.25. The summed E-state index contributed by atoms with van der Waals surface area (Å²) < 4.78 is 11.5. The molecular formula is C19H18N2O2. The zero-order valence-corrected chi connectivity index (χ0v) is 12.9. The molecule has 3 aromatic rings. The molecule has 4 heteroatoms. The molecule has 1 heterocycles. The van der Waals surface area contributed by atoms with Crippen molar-refractivity contribution >= 4 is 5.69 Å². The molecule has 0 unspecified atom stereocenters. The molecule has 0 spiro atoms. The summed E-state index contributed by atoms with van der Waals surface area (Å²) in [5.41, 5.74) is 8.71. The van der Waals surface area contributed by atoms with Crippen LogP contribution in [0, 0.1) is 6.92 Å². The van der Waals surface area contributed by atoms with Gasteiger partial charge in [-0.25, -0.2) is 4.98 Å². The highest BCUT2D eigenvalue weighted by atomic mass is 16.5. The molecule has 0 saturated carbocycles. The van der Waals surface area contributed by atoms with E-state index in [1.165, 1.54) is 0 Å². The van der Waals surface area contributed by atoms with Gasteiger partial charge in [0, 0.05) is 18.3 Å². The molecule has 23 heavy (non-hydrogen) atoms. The number of aryl methyl sites for hydroxylation is 1. The van der Waals surface area contributed by atoms with Gasteiger partial charge in [-0.3, -0.25) is 0 Å². The summed E-state index contributed by atoms with van der Waals surface area (Å²) in [5, 5.41) is 0. The van der Waals surface area contributed by atoms with E-state index in [1.807, 2.05) is 49.4 Å². The van der Waals surface area contributed by atoms with Crippen LogP contribution in [0.1, 0.15) is 11.1 Å². The molecule has 0 saturated heterocycles. The SMILES string of the molecule is Cc1ccc(Oc2ccc(N)c(OCc3ccccc3)c2)nc1. The fourth-order valence-corrected chi connectivity index (χ4v) is 2.07. The number of nitrogens with two attached hydrogens (primary N) is 1. The average Bonchev–Trinajstić information content (AvgIpc) is 2.58. The van der Waals surface area contributed by atoms with Crippen molar-refractivity contribution in [3.05, 3.63) is 78.0 Å². The monoisotopic (exact) mass is 306 g/mol. The van der Waals surface area contributed by atoms with E-state index in [0.717, 1.165) is 11.1 Å². The Bertz CT molecular complexity index is 771. The summed E-state index contributed by atoms with van der Waals surface area (Å²) >= 11 is 0. The van der Waals surface area contributed by atoms with Gasteiger partial charge in [0.1, 0.15) is 18.1 Å². The van der Waals surface area contributed by atoms with Crippen LogP contribution in [0.3, 0.4) is 0 Å². The normalized spacial score (nSPS) is 10.3. The molecular weight excluding hydrogens is 288 g/mol. The van der Waals surface area contributed by atoms with Gasteiger partial charge in [0.2, 0.25) is 5.88 Å². The summed E-state index contributed by atoms with van der Waals surface area (Å²) in [7, 11) is 0. The molecule has 1 aromatic heterocycles. The van der Waals surface area contributed by atoms with Crippen LogP contribution in [0.15, 0.2) is 66.9 Å². The summed E-state index contributed by atoms with van der Waals surface area (Å²) in [4.78, 5) is 4.22. The number of ether oxygens (including phenoxy) is 2. The van der Waals surface area contributed by atoms with E-state index < -0.39 is 0 Å². The Morgan fingerprint density at radius 3 is 2.57 bits per heavy atom. The Kier molecular flexibility index (Phi) is 4.43. The third-order valence-corrected chi connectivity index (χ3v) is 3.33. The lowest BCUT2D eigenvalue weighted by Gasteiger charge is -2.11. The summed E-state index contributed by atoms with van der Waals surface area (Å²) in [5.74, 6) is 1.77. The highest BCUT2D eigenvalue weighted by Gasteiger charge is 2.05. The number of nitrogen functional groups attached to an aromatic ring is 1. The molecule has 0 radical (unpaired) electrons. The topological polar surface area (TPSA) is 57.4 Å². The van der Waals surface area contributed by atoms with Gasteiger partial charge in [0.05, 0.1) is 5.69 Å². The first-order valence-electron chi connectivity index (χ1n) is 7.37. The van der Waals surface area contributed by atoms with Gasteiger partial charge in [-0.05, 0) is 30.2 Å². The molecule has 116 valence electrons. The first-order chi connectivity index (χ1) is 11.2. The van der Waals surface area contributed by atoms with Crippen LogP contribution >= 0.6 is 0 Å².